The van der Waals surface area contributed by atoms with E-state index in [1.54, 1.807) is 0 Å². The lowest BCUT2D eigenvalue weighted by atomic mass is 9.81. The van der Waals surface area contributed by atoms with E-state index in [0.29, 0.717) is 13.0 Å². The molecule has 4 nitrogen and oxygen atoms in total. The van der Waals surface area contributed by atoms with Crippen LogP contribution in [0.2, 0.25) is 0 Å². The summed E-state index contributed by atoms with van der Waals surface area (Å²) in [5, 5.41) is 0. The average molecular weight is 269 g/mol. The minimum absolute atomic E-state index is 0.0235. The zero-order valence-corrected chi connectivity index (χ0v) is 12.3. The summed E-state index contributed by atoms with van der Waals surface area (Å²) >= 11 is 0. The summed E-state index contributed by atoms with van der Waals surface area (Å²) in [5.74, 6) is -0.0535. The minimum Gasteiger partial charge on any atom is -0.466 e. The smallest absolute Gasteiger partial charge is 0.307 e. The first-order valence-corrected chi connectivity index (χ1v) is 7.68. The van der Waals surface area contributed by atoms with Crippen molar-refractivity contribution < 1.29 is 14.3 Å². The highest BCUT2D eigenvalue weighted by Crippen LogP contribution is 2.36. The summed E-state index contributed by atoms with van der Waals surface area (Å²) in [7, 11) is 0. The zero-order chi connectivity index (χ0) is 13.7. The van der Waals surface area contributed by atoms with E-state index in [2.05, 4.69) is 11.8 Å². The number of carbonyl (C=O) groups is 1. The second-order valence-electron chi connectivity index (χ2n) is 5.89. The van der Waals surface area contributed by atoms with Gasteiger partial charge in [0.15, 0.2) is 0 Å². The molecule has 2 aliphatic rings. The van der Waals surface area contributed by atoms with Gasteiger partial charge in [-0.3, -0.25) is 9.69 Å². The Kier molecular flexibility index (Phi) is 5.22. The molecule has 0 N–H and O–H groups in total. The molecule has 0 radical (unpaired) electrons. The summed E-state index contributed by atoms with van der Waals surface area (Å²) in [5.41, 5.74) is -0.0235. The third-order valence-corrected chi connectivity index (χ3v) is 4.44. The highest BCUT2D eigenvalue weighted by molar-refractivity contribution is 5.71. The van der Waals surface area contributed by atoms with E-state index in [4.69, 9.17) is 9.47 Å². The Morgan fingerprint density at radius 2 is 2.11 bits per heavy atom. The number of rotatable bonds is 4. The topological polar surface area (TPSA) is 38.8 Å². The highest BCUT2D eigenvalue weighted by Gasteiger charge is 2.43. The Morgan fingerprint density at radius 3 is 2.74 bits per heavy atom. The molecule has 2 aliphatic heterocycles. The van der Waals surface area contributed by atoms with Crippen LogP contribution in [0.1, 0.15) is 52.4 Å². The van der Waals surface area contributed by atoms with E-state index in [1.165, 1.54) is 19.3 Å². The van der Waals surface area contributed by atoms with Gasteiger partial charge in [0.05, 0.1) is 19.1 Å². The third kappa shape index (κ3) is 3.69. The maximum absolute atomic E-state index is 12.0. The molecule has 0 spiro atoms. The quantitative estimate of drug-likeness (QED) is 0.734. The predicted molar refractivity (Wildman–Crippen MR) is 74.1 cm³/mol. The van der Waals surface area contributed by atoms with E-state index in [0.717, 1.165) is 32.5 Å². The normalized spacial score (nSPS) is 33.1. The second kappa shape index (κ2) is 6.71. The van der Waals surface area contributed by atoms with Crippen molar-refractivity contribution in [2.75, 3.05) is 26.3 Å². The van der Waals surface area contributed by atoms with E-state index in [9.17, 15) is 4.79 Å². The lowest BCUT2D eigenvalue weighted by Gasteiger charge is -2.49. The van der Waals surface area contributed by atoms with Crippen molar-refractivity contribution in [3.63, 3.8) is 0 Å². The lowest BCUT2D eigenvalue weighted by molar-refractivity contribution is -0.151. The average Bonchev–Trinajstić information content (AvgIpc) is 2.40. The summed E-state index contributed by atoms with van der Waals surface area (Å²) in [6.45, 7) is 7.46. The van der Waals surface area contributed by atoms with Crippen molar-refractivity contribution in [1.82, 2.24) is 4.90 Å². The molecule has 2 rings (SSSR count). The van der Waals surface area contributed by atoms with Gasteiger partial charge < -0.3 is 9.47 Å². The highest BCUT2D eigenvalue weighted by atomic mass is 16.5. The number of hydrogen-bond acceptors (Lipinski definition) is 4. The van der Waals surface area contributed by atoms with E-state index in [1.807, 2.05) is 6.92 Å². The number of ether oxygens (including phenoxy) is 2. The molecule has 2 unspecified atom stereocenters. The molecular formula is C15H27NO3. The van der Waals surface area contributed by atoms with Gasteiger partial charge in [-0.1, -0.05) is 6.42 Å². The maximum atomic E-state index is 12.0. The molecule has 0 aromatic rings. The van der Waals surface area contributed by atoms with Gasteiger partial charge in [0, 0.05) is 12.1 Å². The Morgan fingerprint density at radius 1 is 1.37 bits per heavy atom. The van der Waals surface area contributed by atoms with Crippen molar-refractivity contribution in [2.45, 2.75) is 64.0 Å². The maximum Gasteiger partial charge on any atom is 0.307 e. The number of esters is 1. The van der Waals surface area contributed by atoms with Gasteiger partial charge in [-0.15, -0.1) is 0 Å². The van der Waals surface area contributed by atoms with E-state index < -0.39 is 0 Å². The van der Waals surface area contributed by atoms with Gasteiger partial charge in [-0.2, -0.15) is 0 Å². The van der Waals surface area contributed by atoms with Crippen LogP contribution >= 0.6 is 0 Å². The van der Waals surface area contributed by atoms with Crippen LogP contribution in [-0.2, 0) is 14.3 Å². The summed E-state index contributed by atoms with van der Waals surface area (Å²) in [4.78, 5) is 14.5. The fourth-order valence-corrected chi connectivity index (χ4v) is 3.55. The first-order valence-electron chi connectivity index (χ1n) is 7.68. The summed E-state index contributed by atoms with van der Waals surface area (Å²) in [6.07, 6.45) is 6.49. The van der Waals surface area contributed by atoms with Crippen molar-refractivity contribution >= 4 is 5.97 Å². The molecule has 4 heteroatoms. The molecule has 2 saturated heterocycles. The fraction of sp³-hybridized carbons (Fsp3) is 0.933. The van der Waals surface area contributed by atoms with Crippen molar-refractivity contribution in [3.05, 3.63) is 0 Å². The van der Waals surface area contributed by atoms with Gasteiger partial charge in [0.2, 0.25) is 0 Å². The van der Waals surface area contributed by atoms with Gasteiger partial charge in [0.1, 0.15) is 0 Å². The summed E-state index contributed by atoms with van der Waals surface area (Å²) < 4.78 is 10.9. The number of hydrogen-bond donors (Lipinski definition) is 0. The molecular weight excluding hydrogens is 242 g/mol. The van der Waals surface area contributed by atoms with Gasteiger partial charge in [-0.05, 0) is 52.6 Å². The zero-order valence-electron chi connectivity index (χ0n) is 12.3. The molecule has 0 aromatic carbocycles. The molecule has 0 aromatic heterocycles. The summed E-state index contributed by atoms with van der Waals surface area (Å²) in [6, 6.07) is 0. The molecule has 0 aliphatic carbocycles. The van der Waals surface area contributed by atoms with Gasteiger partial charge in [-0.25, -0.2) is 0 Å². The minimum atomic E-state index is -0.0535. The van der Waals surface area contributed by atoms with Crippen LogP contribution in [0, 0.1) is 0 Å². The molecule has 0 bridgehead atoms. The monoisotopic (exact) mass is 269 g/mol. The Balaban J connectivity index is 2.09. The Hall–Kier alpha value is -0.610. The number of likely N-dealkylation sites (tertiary alicyclic amines) is 1. The van der Waals surface area contributed by atoms with Crippen LogP contribution < -0.4 is 0 Å². The third-order valence-electron chi connectivity index (χ3n) is 4.44. The second-order valence-corrected chi connectivity index (χ2v) is 5.89. The Bertz CT molecular complexity index is 302. The molecule has 19 heavy (non-hydrogen) atoms. The van der Waals surface area contributed by atoms with Crippen molar-refractivity contribution in [1.29, 1.82) is 0 Å². The van der Waals surface area contributed by atoms with Crippen molar-refractivity contribution in [2.24, 2.45) is 0 Å². The standard InChI is InChI=1S/C15H27NO3/c1-3-18-14(17)12-15(7-10-19-13(2)11-15)16-8-5-4-6-9-16/h13H,3-12H2,1-2H3. The van der Waals surface area contributed by atoms with Crippen LogP contribution in [0.3, 0.4) is 0 Å². The van der Waals surface area contributed by atoms with Crippen LogP contribution in [0.15, 0.2) is 0 Å². The first kappa shape index (κ1) is 14.8. The molecule has 2 fully saturated rings. The largest absolute Gasteiger partial charge is 0.466 e. The molecule has 0 amide bonds. The number of piperidine rings is 1. The van der Waals surface area contributed by atoms with E-state index >= 15 is 0 Å². The van der Waals surface area contributed by atoms with Crippen LogP contribution in [0.5, 0.6) is 0 Å². The lowest BCUT2D eigenvalue weighted by Crippen LogP contribution is -2.56. The molecule has 110 valence electrons. The first-order chi connectivity index (χ1) is 9.16. The van der Waals surface area contributed by atoms with Crippen molar-refractivity contribution in [3.8, 4) is 0 Å². The van der Waals surface area contributed by atoms with Crippen LogP contribution in [-0.4, -0.2) is 48.8 Å². The predicted octanol–water partition coefficient (Wildman–Crippen LogP) is 2.36. The Labute approximate surface area is 116 Å². The molecule has 2 heterocycles. The number of carbonyl (C=O) groups excluding carboxylic acids is 1. The number of nitrogens with zero attached hydrogens (tertiary/aromatic N) is 1. The van der Waals surface area contributed by atoms with E-state index in [-0.39, 0.29) is 17.6 Å². The fourth-order valence-electron chi connectivity index (χ4n) is 3.55. The molecule has 0 saturated carbocycles. The van der Waals surface area contributed by atoms with Crippen LogP contribution in [0.4, 0.5) is 0 Å². The van der Waals surface area contributed by atoms with Gasteiger partial charge in [0.25, 0.3) is 0 Å². The van der Waals surface area contributed by atoms with Gasteiger partial charge >= 0.3 is 5.97 Å². The SMILES string of the molecule is CCOC(=O)CC1(N2CCCCC2)CCOC(C)C1. The van der Waals surface area contributed by atoms with Crippen LogP contribution in [0.25, 0.3) is 0 Å². The molecule has 2 atom stereocenters.